The maximum atomic E-state index is 11.6. The predicted molar refractivity (Wildman–Crippen MR) is 78.1 cm³/mol. The predicted octanol–water partition coefficient (Wildman–Crippen LogP) is 2.12. The molecule has 0 amide bonds. The molecule has 5 unspecified atom stereocenters. The lowest BCUT2D eigenvalue weighted by molar-refractivity contribution is -0.133. The average molecular weight is 285 g/mol. The lowest BCUT2D eigenvalue weighted by atomic mass is 9.65. The molecule has 1 saturated heterocycles. The third-order valence-corrected chi connectivity index (χ3v) is 5.23. The molecule has 5 nitrogen and oxygen atoms in total. The van der Waals surface area contributed by atoms with Crippen molar-refractivity contribution in [3.8, 4) is 0 Å². The third kappa shape index (κ3) is 3.52. The smallest absolute Gasteiger partial charge is 0.0696 e. The Balaban J connectivity index is 2.06. The van der Waals surface area contributed by atoms with E-state index in [4.69, 9.17) is 0 Å². The SMILES string of the molecule is CC(C)(C)C1CCC(C2NCCCC2O)CC1N([O-])O. The Hall–Kier alpha value is -0.200. The summed E-state index contributed by atoms with van der Waals surface area (Å²) < 4.78 is 0. The summed E-state index contributed by atoms with van der Waals surface area (Å²) in [5.74, 6) is 0.472. The quantitative estimate of drug-likeness (QED) is 0.677. The highest BCUT2D eigenvalue weighted by molar-refractivity contribution is 4.96. The molecule has 2 fully saturated rings. The van der Waals surface area contributed by atoms with E-state index < -0.39 is 0 Å². The molecule has 1 aliphatic carbocycles. The highest BCUT2D eigenvalue weighted by Crippen LogP contribution is 2.43. The van der Waals surface area contributed by atoms with Crippen molar-refractivity contribution in [1.82, 2.24) is 10.5 Å². The van der Waals surface area contributed by atoms with Gasteiger partial charge in [-0.15, -0.1) is 0 Å². The second-order valence-electron chi connectivity index (χ2n) is 7.61. The Kier molecular flexibility index (Phi) is 5.08. The number of piperidine rings is 1. The van der Waals surface area contributed by atoms with Gasteiger partial charge in [-0.25, -0.2) is 0 Å². The van der Waals surface area contributed by atoms with E-state index in [1.165, 1.54) is 0 Å². The van der Waals surface area contributed by atoms with Crippen LogP contribution in [0, 0.1) is 22.5 Å². The summed E-state index contributed by atoms with van der Waals surface area (Å²) in [5, 5.41) is 34.8. The van der Waals surface area contributed by atoms with Gasteiger partial charge in [0.15, 0.2) is 0 Å². The van der Waals surface area contributed by atoms with E-state index in [-0.39, 0.29) is 40.7 Å². The molecule has 0 aromatic rings. The third-order valence-electron chi connectivity index (χ3n) is 5.23. The molecule has 5 heteroatoms. The van der Waals surface area contributed by atoms with Gasteiger partial charge in [0, 0.05) is 12.1 Å². The molecular formula is C15H29N2O3-. The number of aliphatic hydroxyl groups excluding tert-OH is 1. The summed E-state index contributed by atoms with van der Waals surface area (Å²) in [6, 6.07) is -0.281. The number of hydroxylamine groups is 2. The minimum Gasteiger partial charge on any atom is -0.762 e. The number of nitrogens with zero attached hydrogens (tertiary/aromatic N) is 1. The van der Waals surface area contributed by atoms with E-state index in [2.05, 4.69) is 26.1 Å². The summed E-state index contributed by atoms with van der Waals surface area (Å²) in [5.41, 5.74) is 0.0135. The number of nitrogens with one attached hydrogen (secondary N) is 1. The monoisotopic (exact) mass is 285 g/mol. The van der Waals surface area contributed by atoms with Crippen LogP contribution in [0.4, 0.5) is 0 Å². The first-order chi connectivity index (χ1) is 9.30. The van der Waals surface area contributed by atoms with Gasteiger partial charge in [-0.1, -0.05) is 20.8 Å². The number of aliphatic hydroxyl groups is 1. The number of hydrogen-bond acceptors (Lipinski definition) is 5. The van der Waals surface area contributed by atoms with E-state index in [1.807, 2.05) is 0 Å². The topological polar surface area (TPSA) is 78.8 Å². The van der Waals surface area contributed by atoms with Crippen LogP contribution < -0.4 is 5.32 Å². The van der Waals surface area contributed by atoms with E-state index in [0.29, 0.717) is 6.42 Å². The van der Waals surface area contributed by atoms with Gasteiger partial charge in [0.1, 0.15) is 0 Å². The van der Waals surface area contributed by atoms with Gasteiger partial charge in [0.2, 0.25) is 0 Å². The van der Waals surface area contributed by atoms with Gasteiger partial charge in [0.25, 0.3) is 0 Å². The molecule has 2 aliphatic rings. The lowest BCUT2D eigenvalue weighted by Gasteiger charge is -2.50. The van der Waals surface area contributed by atoms with E-state index >= 15 is 0 Å². The molecule has 1 aliphatic heterocycles. The highest BCUT2D eigenvalue weighted by Gasteiger charge is 2.41. The first kappa shape index (κ1) is 16.2. The summed E-state index contributed by atoms with van der Waals surface area (Å²) in [6.07, 6.45) is 4.13. The Morgan fingerprint density at radius 1 is 1.20 bits per heavy atom. The minimum atomic E-state index is -0.357. The van der Waals surface area contributed by atoms with Crippen molar-refractivity contribution < 1.29 is 10.3 Å². The van der Waals surface area contributed by atoms with E-state index in [9.17, 15) is 15.5 Å². The molecule has 118 valence electrons. The van der Waals surface area contributed by atoms with Crippen molar-refractivity contribution in [3.63, 3.8) is 0 Å². The number of hydrogen-bond donors (Lipinski definition) is 3. The standard InChI is InChI=1S/C15H29N2O3/c1-15(2,3)11-7-6-10(9-12(11)17(19)20)14-13(18)5-4-8-16-14/h10-14,16,18-19H,4-9H2,1-3H3/q-1. The van der Waals surface area contributed by atoms with Crippen molar-refractivity contribution in [2.75, 3.05) is 6.54 Å². The zero-order valence-corrected chi connectivity index (χ0v) is 12.9. The minimum absolute atomic E-state index is 0.0135. The fourth-order valence-corrected chi connectivity index (χ4v) is 4.14. The van der Waals surface area contributed by atoms with Crippen LogP contribution in [0.25, 0.3) is 0 Å². The first-order valence-corrected chi connectivity index (χ1v) is 7.87. The molecule has 0 spiro atoms. The van der Waals surface area contributed by atoms with Gasteiger partial charge in [0.05, 0.1) is 6.10 Å². The molecule has 1 heterocycles. The molecular weight excluding hydrogens is 256 g/mol. The molecule has 1 saturated carbocycles. The Morgan fingerprint density at radius 2 is 1.90 bits per heavy atom. The van der Waals surface area contributed by atoms with Gasteiger partial charge in [-0.2, -0.15) is 0 Å². The second kappa shape index (κ2) is 6.28. The van der Waals surface area contributed by atoms with Gasteiger partial charge in [-0.3, -0.25) is 5.23 Å². The molecule has 0 aromatic heterocycles. The summed E-state index contributed by atoms with van der Waals surface area (Å²) in [7, 11) is 0. The molecule has 5 atom stereocenters. The highest BCUT2D eigenvalue weighted by atomic mass is 16.8. The fraction of sp³-hybridized carbons (Fsp3) is 1.00. The van der Waals surface area contributed by atoms with Gasteiger partial charge in [-0.05, 0) is 55.9 Å². The Labute approximate surface area is 121 Å². The second-order valence-corrected chi connectivity index (χ2v) is 7.61. The Bertz CT molecular complexity index is 317. The van der Waals surface area contributed by atoms with Crippen molar-refractivity contribution >= 4 is 0 Å². The fourth-order valence-electron chi connectivity index (χ4n) is 4.14. The van der Waals surface area contributed by atoms with E-state index in [0.717, 1.165) is 32.2 Å². The van der Waals surface area contributed by atoms with Crippen LogP contribution in [0.5, 0.6) is 0 Å². The van der Waals surface area contributed by atoms with E-state index in [1.54, 1.807) is 0 Å². The average Bonchev–Trinajstić information content (AvgIpc) is 2.37. The largest absolute Gasteiger partial charge is 0.762 e. The molecule has 20 heavy (non-hydrogen) atoms. The zero-order chi connectivity index (χ0) is 14.9. The molecule has 0 bridgehead atoms. The summed E-state index contributed by atoms with van der Waals surface area (Å²) >= 11 is 0. The molecule has 0 aromatic carbocycles. The maximum Gasteiger partial charge on any atom is 0.0696 e. The first-order valence-electron chi connectivity index (χ1n) is 7.87. The maximum absolute atomic E-state index is 11.6. The molecule has 3 N–H and O–H groups in total. The van der Waals surface area contributed by atoms with Crippen LogP contribution >= 0.6 is 0 Å². The zero-order valence-electron chi connectivity index (χ0n) is 12.9. The summed E-state index contributed by atoms with van der Waals surface area (Å²) in [6.45, 7) is 7.32. The van der Waals surface area contributed by atoms with Gasteiger partial charge < -0.3 is 20.8 Å². The van der Waals surface area contributed by atoms with Crippen LogP contribution in [0.2, 0.25) is 0 Å². The van der Waals surface area contributed by atoms with Crippen molar-refractivity contribution in [1.29, 1.82) is 0 Å². The van der Waals surface area contributed by atoms with Crippen LogP contribution in [-0.2, 0) is 0 Å². The van der Waals surface area contributed by atoms with Crippen molar-refractivity contribution in [3.05, 3.63) is 5.21 Å². The number of rotatable bonds is 2. The van der Waals surface area contributed by atoms with Crippen LogP contribution in [0.15, 0.2) is 0 Å². The van der Waals surface area contributed by atoms with Crippen LogP contribution in [0.1, 0.15) is 52.9 Å². The normalized spacial score (nSPS) is 40.0. The molecule has 2 rings (SSSR count). The Morgan fingerprint density at radius 3 is 2.45 bits per heavy atom. The van der Waals surface area contributed by atoms with Crippen molar-refractivity contribution in [2.45, 2.75) is 71.1 Å². The van der Waals surface area contributed by atoms with Crippen molar-refractivity contribution in [2.24, 2.45) is 17.3 Å². The summed E-state index contributed by atoms with van der Waals surface area (Å²) in [4.78, 5) is 0. The molecule has 0 radical (unpaired) electrons. The van der Waals surface area contributed by atoms with Crippen LogP contribution in [0.3, 0.4) is 0 Å². The lowest BCUT2D eigenvalue weighted by Crippen LogP contribution is -2.54. The van der Waals surface area contributed by atoms with Gasteiger partial charge >= 0.3 is 0 Å². The van der Waals surface area contributed by atoms with Crippen LogP contribution in [-0.4, -0.2) is 40.3 Å².